The molecule has 0 aromatic heterocycles. The van der Waals surface area contributed by atoms with Gasteiger partial charge in [-0.15, -0.1) is 0 Å². The van der Waals surface area contributed by atoms with E-state index in [1.165, 1.54) is 19.3 Å². The molecule has 144 valence electrons. The van der Waals surface area contributed by atoms with E-state index in [9.17, 15) is 20.1 Å². The van der Waals surface area contributed by atoms with Crippen LogP contribution in [0.3, 0.4) is 0 Å². The van der Waals surface area contributed by atoms with Crippen LogP contribution in [0.5, 0.6) is 0 Å². The average Bonchev–Trinajstić information content (AvgIpc) is 2.82. The van der Waals surface area contributed by atoms with Crippen LogP contribution in [0.1, 0.15) is 64.7 Å². The van der Waals surface area contributed by atoms with Crippen LogP contribution in [0.2, 0.25) is 0 Å². The molecule has 0 aromatic carbocycles. The quantitative estimate of drug-likeness (QED) is 0.319. The van der Waals surface area contributed by atoms with Gasteiger partial charge in [-0.25, -0.2) is 0 Å². The molecule has 0 amide bonds. The van der Waals surface area contributed by atoms with Crippen molar-refractivity contribution < 1.29 is 25.2 Å². The molecule has 1 aliphatic rings. The zero-order chi connectivity index (χ0) is 18.7. The Bertz CT molecular complexity index is 432. The number of aliphatic carboxylic acids is 1. The zero-order valence-electron chi connectivity index (χ0n) is 15.3. The summed E-state index contributed by atoms with van der Waals surface area (Å²) in [6.07, 6.45) is 12.3. The fourth-order valence-corrected chi connectivity index (χ4v) is 3.47. The molecular formula is C20H34O5. The van der Waals surface area contributed by atoms with Gasteiger partial charge in [0.15, 0.2) is 0 Å². The third kappa shape index (κ3) is 8.66. The standard InChI is InChI=1S/C20H34O5/c1-2-3-4-5-6-7-9-15(21)12-13-17-16(10-8-11-20(24)25)18(22)14-19(17)23/h6-7,12-13,15-19,21-23H,2-5,8-11,14H2,1H3,(H,24,25)/b7-6-,13-12+/t15-,16+,17-,18-,19+/m0/s1. The first kappa shape index (κ1) is 21.9. The lowest BCUT2D eigenvalue weighted by Crippen LogP contribution is -2.21. The number of allylic oxidation sites excluding steroid dienone is 1. The second-order valence-electron chi connectivity index (χ2n) is 7.05. The van der Waals surface area contributed by atoms with Crippen LogP contribution in [0.15, 0.2) is 24.3 Å². The third-order valence-electron chi connectivity index (χ3n) is 4.92. The molecule has 0 radical (unpaired) electrons. The lowest BCUT2D eigenvalue weighted by molar-refractivity contribution is -0.137. The van der Waals surface area contributed by atoms with Gasteiger partial charge >= 0.3 is 5.97 Å². The van der Waals surface area contributed by atoms with Crippen LogP contribution in [-0.4, -0.2) is 44.7 Å². The van der Waals surface area contributed by atoms with E-state index in [0.29, 0.717) is 25.7 Å². The SMILES string of the molecule is CCCCC/C=C\C[C@H](O)/C=C/[C@H]1[C@@H](CCCC(=O)O)[C@@H](O)C[C@H]1O. The number of carboxylic acids is 1. The van der Waals surface area contributed by atoms with Crippen LogP contribution in [0, 0.1) is 11.8 Å². The van der Waals surface area contributed by atoms with Gasteiger partial charge in [-0.05, 0) is 38.0 Å². The average molecular weight is 354 g/mol. The van der Waals surface area contributed by atoms with Gasteiger partial charge in [-0.3, -0.25) is 4.79 Å². The van der Waals surface area contributed by atoms with Crippen LogP contribution in [-0.2, 0) is 4.79 Å². The molecule has 1 aliphatic carbocycles. The summed E-state index contributed by atoms with van der Waals surface area (Å²) in [5.41, 5.74) is 0. The van der Waals surface area contributed by atoms with E-state index in [4.69, 9.17) is 5.11 Å². The Kier molecular flexibility index (Phi) is 10.7. The summed E-state index contributed by atoms with van der Waals surface area (Å²) in [7, 11) is 0. The Morgan fingerprint density at radius 1 is 1.16 bits per heavy atom. The molecule has 1 fully saturated rings. The number of unbranched alkanes of at least 4 members (excludes halogenated alkanes) is 3. The largest absolute Gasteiger partial charge is 0.481 e. The number of hydrogen-bond donors (Lipinski definition) is 4. The molecule has 0 unspecified atom stereocenters. The van der Waals surface area contributed by atoms with Gasteiger partial charge in [0.05, 0.1) is 18.3 Å². The molecule has 1 saturated carbocycles. The molecule has 0 bridgehead atoms. The number of aliphatic hydroxyl groups excluding tert-OH is 3. The van der Waals surface area contributed by atoms with Gasteiger partial charge in [0, 0.05) is 18.8 Å². The normalized spacial score (nSPS) is 28.2. The highest BCUT2D eigenvalue weighted by Gasteiger charge is 2.39. The number of carbonyl (C=O) groups is 1. The Morgan fingerprint density at radius 2 is 1.92 bits per heavy atom. The minimum Gasteiger partial charge on any atom is -0.481 e. The van der Waals surface area contributed by atoms with Crippen molar-refractivity contribution in [3.8, 4) is 0 Å². The van der Waals surface area contributed by atoms with Crippen molar-refractivity contribution in [3.05, 3.63) is 24.3 Å². The second kappa shape index (κ2) is 12.2. The predicted molar refractivity (Wildman–Crippen MR) is 98.1 cm³/mol. The minimum absolute atomic E-state index is 0.0706. The third-order valence-corrected chi connectivity index (χ3v) is 4.92. The van der Waals surface area contributed by atoms with Gasteiger partial charge in [0.25, 0.3) is 0 Å². The predicted octanol–water partition coefficient (Wildman–Crippen LogP) is 3.04. The first-order chi connectivity index (χ1) is 12.0. The molecule has 4 N–H and O–H groups in total. The van der Waals surface area contributed by atoms with Crippen molar-refractivity contribution >= 4 is 5.97 Å². The maximum atomic E-state index is 10.6. The van der Waals surface area contributed by atoms with E-state index in [1.54, 1.807) is 12.2 Å². The molecule has 5 nitrogen and oxygen atoms in total. The van der Waals surface area contributed by atoms with Crippen molar-refractivity contribution in [2.45, 2.75) is 83.0 Å². The first-order valence-corrected chi connectivity index (χ1v) is 9.55. The summed E-state index contributed by atoms with van der Waals surface area (Å²) in [5, 5.41) is 39.0. The van der Waals surface area contributed by atoms with Gasteiger partial charge in [-0.1, -0.05) is 44.1 Å². The molecule has 25 heavy (non-hydrogen) atoms. The number of rotatable bonds is 12. The van der Waals surface area contributed by atoms with Gasteiger partial charge < -0.3 is 20.4 Å². The maximum Gasteiger partial charge on any atom is 0.303 e. The molecular weight excluding hydrogens is 320 g/mol. The lowest BCUT2D eigenvalue weighted by Gasteiger charge is -2.20. The highest BCUT2D eigenvalue weighted by Crippen LogP contribution is 2.37. The summed E-state index contributed by atoms with van der Waals surface area (Å²) in [6, 6.07) is 0. The fourth-order valence-electron chi connectivity index (χ4n) is 3.47. The summed E-state index contributed by atoms with van der Waals surface area (Å²) < 4.78 is 0. The van der Waals surface area contributed by atoms with Gasteiger partial charge in [-0.2, -0.15) is 0 Å². The fraction of sp³-hybridized carbons (Fsp3) is 0.750. The number of hydrogen-bond acceptors (Lipinski definition) is 4. The zero-order valence-corrected chi connectivity index (χ0v) is 15.3. The summed E-state index contributed by atoms with van der Waals surface area (Å²) in [6.45, 7) is 2.17. The first-order valence-electron chi connectivity index (χ1n) is 9.55. The molecule has 0 heterocycles. The molecule has 0 aromatic rings. The maximum absolute atomic E-state index is 10.6. The highest BCUT2D eigenvalue weighted by atomic mass is 16.4. The Balaban J connectivity index is 2.44. The van der Waals surface area contributed by atoms with Crippen molar-refractivity contribution in [1.82, 2.24) is 0 Å². The number of aliphatic hydroxyl groups is 3. The van der Waals surface area contributed by atoms with E-state index < -0.39 is 24.3 Å². The van der Waals surface area contributed by atoms with E-state index in [1.807, 2.05) is 6.08 Å². The van der Waals surface area contributed by atoms with E-state index in [-0.39, 0.29) is 18.3 Å². The highest BCUT2D eigenvalue weighted by molar-refractivity contribution is 5.66. The molecule has 0 spiro atoms. The van der Waals surface area contributed by atoms with Crippen molar-refractivity contribution in [3.63, 3.8) is 0 Å². The Hall–Kier alpha value is -1.17. The summed E-state index contributed by atoms with van der Waals surface area (Å²) in [4.78, 5) is 10.6. The van der Waals surface area contributed by atoms with Gasteiger partial charge in [0.2, 0.25) is 0 Å². The van der Waals surface area contributed by atoms with Crippen LogP contribution < -0.4 is 0 Å². The van der Waals surface area contributed by atoms with E-state index in [2.05, 4.69) is 13.0 Å². The van der Waals surface area contributed by atoms with Crippen LogP contribution in [0.4, 0.5) is 0 Å². The summed E-state index contributed by atoms with van der Waals surface area (Å²) in [5.74, 6) is -1.23. The smallest absolute Gasteiger partial charge is 0.303 e. The van der Waals surface area contributed by atoms with E-state index >= 15 is 0 Å². The van der Waals surface area contributed by atoms with Crippen molar-refractivity contribution in [2.75, 3.05) is 0 Å². The number of carboxylic acid groups (broad SMARTS) is 1. The minimum atomic E-state index is -0.846. The molecule has 0 saturated heterocycles. The second-order valence-corrected chi connectivity index (χ2v) is 7.05. The van der Waals surface area contributed by atoms with Crippen molar-refractivity contribution in [2.24, 2.45) is 11.8 Å². The van der Waals surface area contributed by atoms with Gasteiger partial charge in [0.1, 0.15) is 0 Å². The molecule has 1 rings (SSSR count). The lowest BCUT2D eigenvalue weighted by atomic mass is 9.88. The van der Waals surface area contributed by atoms with Crippen LogP contribution in [0.25, 0.3) is 0 Å². The molecule has 5 atom stereocenters. The monoisotopic (exact) mass is 354 g/mol. The molecule has 5 heteroatoms. The topological polar surface area (TPSA) is 98.0 Å². The summed E-state index contributed by atoms with van der Waals surface area (Å²) >= 11 is 0. The Morgan fingerprint density at radius 3 is 2.60 bits per heavy atom. The Labute approximate surface area is 151 Å². The van der Waals surface area contributed by atoms with Crippen LogP contribution >= 0.6 is 0 Å². The van der Waals surface area contributed by atoms with Crippen molar-refractivity contribution in [1.29, 1.82) is 0 Å². The van der Waals surface area contributed by atoms with E-state index in [0.717, 1.165) is 6.42 Å². The molecule has 0 aliphatic heterocycles.